The standard InChI is InChI=1S/C20H20F3NO3/c21-16-8-6-15(7-9-16)18-12-17(27-19(22)23)10-11-24(18)20(25)26-13-14-4-2-1-3-5-14/h1-9,17-19H,10-13H2. The van der Waals surface area contributed by atoms with Crippen molar-refractivity contribution in [2.24, 2.45) is 0 Å². The van der Waals surface area contributed by atoms with Crippen LogP contribution < -0.4 is 0 Å². The predicted octanol–water partition coefficient (Wildman–Crippen LogP) is 4.91. The molecule has 3 rings (SSSR count). The van der Waals surface area contributed by atoms with Gasteiger partial charge >= 0.3 is 12.7 Å². The van der Waals surface area contributed by atoms with Crippen molar-refractivity contribution in [3.8, 4) is 0 Å². The van der Waals surface area contributed by atoms with Crippen LogP contribution in [0.4, 0.5) is 18.0 Å². The highest BCUT2D eigenvalue weighted by molar-refractivity contribution is 5.68. The van der Waals surface area contributed by atoms with Gasteiger partial charge in [0.15, 0.2) is 0 Å². The Labute approximate surface area is 155 Å². The molecule has 2 atom stereocenters. The Morgan fingerprint density at radius 2 is 1.81 bits per heavy atom. The normalized spacial score (nSPS) is 19.9. The van der Waals surface area contributed by atoms with Gasteiger partial charge in [0.2, 0.25) is 0 Å². The first-order chi connectivity index (χ1) is 13.0. The second-order valence-electron chi connectivity index (χ2n) is 6.34. The van der Waals surface area contributed by atoms with Crippen LogP contribution in [0.5, 0.6) is 0 Å². The molecule has 2 aromatic carbocycles. The quantitative estimate of drug-likeness (QED) is 0.741. The van der Waals surface area contributed by atoms with Gasteiger partial charge in [-0.15, -0.1) is 0 Å². The lowest BCUT2D eigenvalue weighted by Crippen LogP contribution is -2.43. The molecule has 4 nitrogen and oxygen atoms in total. The topological polar surface area (TPSA) is 38.8 Å². The van der Waals surface area contributed by atoms with E-state index in [4.69, 9.17) is 4.74 Å². The SMILES string of the molecule is O=C(OCc1ccccc1)N1CCC(OC(F)F)CC1c1ccc(F)cc1. The minimum atomic E-state index is -2.87. The summed E-state index contributed by atoms with van der Waals surface area (Å²) < 4.78 is 48.4. The Bertz CT molecular complexity index is 740. The van der Waals surface area contributed by atoms with Gasteiger partial charge in [-0.3, -0.25) is 0 Å². The smallest absolute Gasteiger partial charge is 0.410 e. The number of amides is 1. The number of benzene rings is 2. The van der Waals surface area contributed by atoms with Crippen molar-refractivity contribution in [1.82, 2.24) is 4.90 Å². The van der Waals surface area contributed by atoms with E-state index in [1.807, 2.05) is 30.3 Å². The number of likely N-dealkylation sites (tertiary alicyclic amines) is 1. The molecule has 0 radical (unpaired) electrons. The molecule has 0 bridgehead atoms. The third kappa shape index (κ3) is 5.23. The summed E-state index contributed by atoms with van der Waals surface area (Å²) in [6, 6.07) is 14.4. The van der Waals surface area contributed by atoms with Crippen LogP contribution >= 0.6 is 0 Å². The van der Waals surface area contributed by atoms with Crippen LogP contribution in [0, 0.1) is 5.82 Å². The summed E-state index contributed by atoms with van der Waals surface area (Å²) in [5, 5.41) is 0. The minimum Gasteiger partial charge on any atom is -0.445 e. The first-order valence-electron chi connectivity index (χ1n) is 8.69. The van der Waals surface area contributed by atoms with E-state index >= 15 is 0 Å². The highest BCUT2D eigenvalue weighted by atomic mass is 19.3. The van der Waals surface area contributed by atoms with Crippen molar-refractivity contribution >= 4 is 6.09 Å². The van der Waals surface area contributed by atoms with Gasteiger partial charge in [-0.1, -0.05) is 42.5 Å². The summed E-state index contributed by atoms with van der Waals surface area (Å²) in [6.07, 6.45) is -0.749. The Balaban J connectivity index is 1.72. The van der Waals surface area contributed by atoms with Crippen molar-refractivity contribution in [1.29, 1.82) is 0 Å². The van der Waals surface area contributed by atoms with Crippen LogP contribution in [0.1, 0.15) is 30.0 Å². The summed E-state index contributed by atoms with van der Waals surface area (Å²) in [6.45, 7) is -2.54. The lowest BCUT2D eigenvalue weighted by atomic mass is 9.93. The molecule has 144 valence electrons. The number of hydrogen-bond donors (Lipinski definition) is 0. The maximum Gasteiger partial charge on any atom is 0.410 e. The molecule has 1 amide bonds. The van der Waals surface area contributed by atoms with Gasteiger partial charge in [0.1, 0.15) is 12.4 Å². The zero-order chi connectivity index (χ0) is 19.2. The van der Waals surface area contributed by atoms with Gasteiger partial charge in [0.25, 0.3) is 0 Å². The summed E-state index contributed by atoms with van der Waals surface area (Å²) in [5.74, 6) is -0.409. The van der Waals surface area contributed by atoms with E-state index in [1.165, 1.54) is 17.0 Å². The molecule has 1 heterocycles. The Kier molecular flexibility index (Phi) is 6.34. The van der Waals surface area contributed by atoms with Gasteiger partial charge in [-0.05, 0) is 36.1 Å². The summed E-state index contributed by atoms with van der Waals surface area (Å²) in [4.78, 5) is 14.1. The van der Waals surface area contributed by atoms with Gasteiger partial charge in [-0.2, -0.15) is 8.78 Å². The predicted molar refractivity (Wildman–Crippen MR) is 92.6 cm³/mol. The number of carbonyl (C=O) groups excluding carboxylic acids is 1. The number of halogens is 3. The van der Waals surface area contributed by atoms with Crippen molar-refractivity contribution < 1.29 is 27.4 Å². The van der Waals surface area contributed by atoms with Crippen molar-refractivity contribution in [3.05, 3.63) is 71.5 Å². The number of alkyl halides is 2. The Hall–Kier alpha value is -2.54. The average molecular weight is 379 g/mol. The molecule has 1 fully saturated rings. The van der Waals surface area contributed by atoms with E-state index in [2.05, 4.69) is 4.74 Å². The van der Waals surface area contributed by atoms with Gasteiger partial charge < -0.3 is 14.4 Å². The number of hydrogen-bond acceptors (Lipinski definition) is 3. The molecule has 0 aliphatic carbocycles. The van der Waals surface area contributed by atoms with E-state index in [0.717, 1.165) is 5.56 Å². The van der Waals surface area contributed by atoms with Crippen LogP contribution in [0.25, 0.3) is 0 Å². The van der Waals surface area contributed by atoms with E-state index < -0.39 is 30.7 Å². The van der Waals surface area contributed by atoms with E-state index in [-0.39, 0.29) is 26.0 Å². The van der Waals surface area contributed by atoms with Crippen LogP contribution in [0.15, 0.2) is 54.6 Å². The van der Waals surface area contributed by atoms with Gasteiger partial charge in [0.05, 0.1) is 12.1 Å². The average Bonchev–Trinajstić information content (AvgIpc) is 2.67. The zero-order valence-corrected chi connectivity index (χ0v) is 14.6. The van der Waals surface area contributed by atoms with Gasteiger partial charge in [-0.25, -0.2) is 9.18 Å². The van der Waals surface area contributed by atoms with Crippen LogP contribution in [-0.4, -0.2) is 30.3 Å². The first-order valence-corrected chi connectivity index (χ1v) is 8.69. The highest BCUT2D eigenvalue weighted by Crippen LogP contribution is 2.33. The van der Waals surface area contributed by atoms with E-state index in [9.17, 15) is 18.0 Å². The van der Waals surface area contributed by atoms with Gasteiger partial charge in [0, 0.05) is 6.54 Å². The van der Waals surface area contributed by atoms with E-state index in [0.29, 0.717) is 5.56 Å². The molecule has 0 aromatic heterocycles. The molecule has 2 unspecified atom stereocenters. The molecule has 7 heteroatoms. The second kappa shape index (κ2) is 8.90. The fourth-order valence-electron chi connectivity index (χ4n) is 3.22. The number of rotatable bonds is 5. The van der Waals surface area contributed by atoms with Crippen LogP contribution in [-0.2, 0) is 16.1 Å². The lowest BCUT2D eigenvalue weighted by Gasteiger charge is -2.38. The highest BCUT2D eigenvalue weighted by Gasteiger charge is 2.35. The Morgan fingerprint density at radius 1 is 1.11 bits per heavy atom. The minimum absolute atomic E-state index is 0.114. The van der Waals surface area contributed by atoms with E-state index in [1.54, 1.807) is 12.1 Å². The molecule has 1 saturated heterocycles. The van der Waals surface area contributed by atoms with Crippen molar-refractivity contribution in [3.63, 3.8) is 0 Å². The maximum atomic E-state index is 13.2. The van der Waals surface area contributed by atoms with Crippen LogP contribution in [0.2, 0.25) is 0 Å². The molecule has 27 heavy (non-hydrogen) atoms. The van der Waals surface area contributed by atoms with Crippen molar-refractivity contribution in [2.45, 2.75) is 38.2 Å². The Morgan fingerprint density at radius 3 is 2.48 bits per heavy atom. The number of nitrogens with zero attached hydrogens (tertiary/aromatic N) is 1. The van der Waals surface area contributed by atoms with Crippen LogP contribution in [0.3, 0.4) is 0 Å². The zero-order valence-electron chi connectivity index (χ0n) is 14.6. The number of piperidine rings is 1. The van der Waals surface area contributed by atoms with Crippen molar-refractivity contribution in [2.75, 3.05) is 6.54 Å². The fourth-order valence-corrected chi connectivity index (χ4v) is 3.22. The molecule has 0 spiro atoms. The molecular weight excluding hydrogens is 359 g/mol. The summed E-state index contributed by atoms with van der Waals surface area (Å²) >= 11 is 0. The third-order valence-corrected chi connectivity index (χ3v) is 4.54. The molecule has 0 N–H and O–H groups in total. The molecule has 0 saturated carbocycles. The number of carbonyl (C=O) groups is 1. The molecule has 1 aliphatic heterocycles. The summed E-state index contributed by atoms with van der Waals surface area (Å²) in [7, 11) is 0. The third-order valence-electron chi connectivity index (χ3n) is 4.54. The first kappa shape index (κ1) is 19.2. The number of ether oxygens (including phenoxy) is 2. The maximum absolute atomic E-state index is 13.2. The largest absolute Gasteiger partial charge is 0.445 e. The molecular formula is C20H20F3NO3. The fraction of sp³-hybridized carbons (Fsp3) is 0.350. The monoisotopic (exact) mass is 379 g/mol. The summed E-state index contributed by atoms with van der Waals surface area (Å²) in [5.41, 5.74) is 1.50. The molecule has 2 aromatic rings. The second-order valence-corrected chi connectivity index (χ2v) is 6.34. The lowest BCUT2D eigenvalue weighted by molar-refractivity contribution is -0.176. The molecule has 1 aliphatic rings.